The van der Waals surface area contributed by atoms with Crippen LogP contribution in [0.25, 0.3) is 0 Å². The van der Waals surface area contributed by atoms with Gasteiger partial charge in [-0.2, -0.15) is 0 Å². The summed E-state index contributed by atoms with van der Waals surface area (Å²) in [6.07, 6.45) is 0.516. The van der Waals surface area contributed by atoms with Gasteiger partial charge < -0.3 is 10.1 Å². The summed E-state index contributed by atoms with van der Waals surface area (Å²) >= 11 is 0. The van der Waals surface area contributed by atoms with Crippen molar-refractivity contribution in [2.24, 2.45) is 0 Å². The number of carbonyl (C=O) groups is 1. The SMILES string of the molecule is CCC(=O)N(C)CCNO. The highest BCUT2D eigenvalue weighted by molar-refractivity contribution is 5.75. The second-order valence-electron chi connectivity index (χ2n) is 2.08. The minimum atomic E-state index is 0.0928. The van der Waals surface area contributed by atoms with Gasteiger partial charge in [-0.15, -0.1) is 0 Å². The molecule has 0 saturated carbocycles. The molecular formula is C6H14N2O2. The molecule has 4 nitrogen and oxygen atoms in total. The van der Waals surface area contributed by atoms with Crippen LogP contribution in [0.4, 0.5) is 0 Å². The predicted octanol–water partition coefficient (Wildman–Crippen LogP) is -0.166. The Morgan fingerprint density at radius 2 is 2.30 bits per heavy atom. The number of amides is 1. The monoisotopic (exact) mass is 146 g/mol. The summed E-state index contributed by atoms with van der Waals surface area (Å²) in [4.78, 5) is 12.4. The van der Waals surface area contributed by atoms with Crippen LogP contribution in [0.15, 0.2) is 0 Å². The summed E-state index contributed by atoms with van der Waals surface area (Å²) in [5.74, 6) is 0.0928. The lowest BCUT2D eigenvalue weighted by Gasteiger charge is -2.14. The molecular weight excluding hydrogens is 132 g/mol. The first-order valence-corrected chi connectivity index (χ1v) is 3.33. The molecule has 0 heterocycles. The highest BCUT2D eigenvalue weighted by Crippen LogP contribution is 1.86. The van der Waals surface area contributed by atoms with Crippen molar-refractivity contribution in [1.29, 1.82) is 0 Å². The molecule has 60 valence electrons. The number of nitrogens with one attached hydrogen (secondary N) is 1. The van der Waals surface area contributed by atoms with Crippen molar-refractivity contribution in [3.8, 4) is 0 Å². The lowest BCUT2D eigenvalue weighted by Crippen LogP contribution is -2.32. The fourth-order valence-electron chi connectivity index (χ4n) is 0.612. The summed E-state index contributed by atoms with van der Waals surface area (Å²) in [5.41, 5.74) is 1.98. The van der Waals surface area contributed by atoms with Crippen molar-refractivity contribution in [3.63, 3.8) is 0 Å². The lowest BCUT2D eigenvalue weighted by molar-refractivity contribution is -0.129. The molecule has 0 atom stereocenters. The van der Waals surface area contributed by atoms with Crippen molar-refractivity contribution in [1.82, 2.24) is 10.4 Å². The fraction of sp³-hybridized carbons (Fsp3) is 0.833. The maximum atomic E-state index is 10.8. The van der Waals surface area contributed by atoms with Crippen molar-refractivity contribution in [2.75, 3.05) is 20.1 Å². The quantitative estimate of drug-likeness (QED) is 0.541. The van der Waals surface area contributed by atoms with E-state index in [2.05, 4.69) is 0 Å². The van der Waals surface area contributed by atoms with Crippen LogP contribution in [0.1, 0.15) is 13.3 Å². The molecule has 0 saturated heterocycles. The van der Waals surface area contributed by atoms with E-state index in [1.54, 1.807) is 11.9 Å². The third kappa shape index (κ3) is 3.42. The van der Waals surface area contributed by atoms with Crippen LogP contribution in [-0.2, 0) is 4.79 Å². The average molecular weight is 146 g/mol. The molecule has 4 heteroatoms. The van der Waals surface area contributed by atoms with E-state index in [0.717, 1.165) is 0 Å². The van der Waals surface area contributed by atoms with Gasteiger partial charge in [0.25, 0.3) is 0 Å². The summed E-state index contributed by atoms with van der Waals surface area (Å²) in [6.45, 7) is 2.77. The number of hydrogen-bond acceptors (Lipinski definition) is 3. The first-order chi connectivity index (χ1) is 4.72. The molecule has 2 N–H and O–H groups in total. The van der Waals surface area contributed by atoms with Gasteiger partial charge >= 0.3 is 0 Å². The molecule has 0 rings (SSSR count). The van der Waals surface area contributed by atoms with Crippen LogP contribution in [0.3, 0.4) is 0 Å². The van der Waals surface area contributed by atoms with Crippen molar-refractivity contribution in [3.05, 3.63) is 0 Å². The fourth-order valence-corrected chi connectivity index (χ4v) is 0.612. The highest BCUT2D eigenvalue weighted by atomic mass is 16.5. The van der Waals surface area contributed by atoms with Crippen LogP contribution < -0.4 is 5.48 Å². The number of carbonyl (C=O) groups excluding carboxylic acids is 1. The zero-order chi connectivity index (χ0) is 7.98. The molecule has 1 amide bonds. The number of rotatable bonds is 4. The summed E-state index contributed by atoms with van der Waals surface area (Å²) in [6, 6.07) is 0. The number of hydrogen-bond donors (Lipinski definition) is 2. The maximum Gasteiger partial charge on any atom is 0.222 e. The Balaban J connectivity index is 3.41. The smallest absolute Gasteiger partial charge is 0.222 e. The van der Waals surface area contributed by atoms with E-state index in [0.29, 0.717) is 19.5 Å². The largest absolute Gasteiger partial charge is 0.344 e. The first-order valence-electron chi connectivity index (χ1n) is 3.33. The van der Waals surface area contributed by atoms with Crippen molar-refractivity contribution < 1.29 is 10.0 Å². The maximum absolute atomic E-state index is 10.8. The van der Waals surface area contributed by atoms with Crippen molar-refractivity contribution >= 4 is 5.91 Å². The van der Waals surface area contributed by atoms with Gasteiger partial charge in [0.2, 0.25) is 5.91 Å². The summed E-state index contributed by atoms with van der Waals surface area (Å²) in [7, 11) is 1.71. The highest BCUT2D eigenvalue weighted by Gasteiger charge is 2.02. The van der Waals surface area contributed by atoms with Gasteiger partial charge in [-0.3, -0.25) is 4.79 Å². The third-order valence-electron chi connectivity index (χ3n) is 1.29. The molecule has 0 aromatic heterocycles. The van der Waals surface area contributed by atoms with Crippen LogP contribution in [-0.4, -0.2) is 36.2 Å². The van der Waals surface area contributed by atoms with Gasteiger partial charge in [0.1, 0.15) is 0 Å². The zero-order valence-electron chi connectivity index (χ0n) is 6.42. The van der Waals surface area contributed by atoms with Crippen LogP contribution in [0, 0.1) is 0 Å². The molecule has 0 aliphatic rings. The zero-order valence-corrected chi connectivity index (χ0v) is 6.42. The molecule has 0 radical (unpaired) electrons. The molecule has 0 aliphatic heterocycles. The molecule has 0 bridgehead atoms. The number of hydroxylamine groups is 1. The Morgan fingerprint density at radius 1 is 1.70 bits per heavy atom. The van der Waals surface area contributed by atoms with E-state index in [9.17, 15) is 4.79 Å². The third-order valence-corrected chi connectivity index (χ3v) is 1.29. The van der Waals surface area contributed by atoms with Gasteiger partial charge in [-0.1, -0.05) is 6.92 Å². The van der Waals surface area contributed by atoms with Crippen LogP contribution in [0.2, 0.25) is 0 Å². The molecule has 0 spiro atoms. The Bertz CT molecular complexity index is 106. The molecule has 0 aromatic carbocycles. The lowest BCUT2D eigenvalue weighted by atomic mass is 10.4. The normalized spacial score (nSPS) is 9.50. The summed E-state index contributed by atoms with van der Waals surface area (Å²) in [5, 5.41) is 8.18. The first kappa shape index (κ1) is 9.39. The Kier molecular flexibility index (Phi) is 4.88. The predicted molar refractivity (Wildman–Crippen MR) is 37.7 cm³/mol. The number of nitrogens with zero attached hydrogens (tertiary/aromatic N) is 1. The summed E-state index contributed by atoms with van der Waals surface area (Å²) < 4.78 is 0. The van der Waals surface area contributed by atoms with Crippen LogP contribution in [0.5, 0.6) is 0 Å². The molecule has 0 fully saturated rings. The van der Waals surface area contributed by atoms with E-state index in [1.165, 1.54) is 0 Å². The topological polar surface area (TPSA) is 52.6 Å². The second-order valence-corrected chi connectivity index (χ2v) is 2.08. The Morgan fingerprint density at radius 3 is 2.70 bits per heavy atom. The van der Waals surface area contributed by atoms with Gasteiger partial charge in [-0.05, 0) is 0 Å². The van der Waals surface area contributed by atoms with Gasteiger partial charge in [0.15, 0.2) is 0 Å². The minimum absolute atomic E-state index is 0.0928. The average Bonchev–Trinajstić information content (AvgIpc) is 1.98. The van der Waals surface area contributed by atoms with E-state index in [-0.39, 0.29) is 5.91 Å². The van der Waals surface area contributed by atoms with Crippen LogP contribution >= 0.6 is 0 Å². The van der Waals surface area contributed by atoms with Gasteiger partial charge in [0.05, 0.1) is 0 Å². The Hall–Kier alpha value is -0.610. The van der Waals surface area contributed by atoms with Gasteiger partial charge in [-0.25, -0.2) is 5.48 Å². The minimum Gasteiger partial charge on any atom is -0.344 e. The molecule has 0 aromatic rings. The second kappa shape index (κ2) is 5.20. The van der Waals surface area contributed by atoms with E-state index in [1.807, 2.05) is 12.4 Å². The molecule has 0 unspecified atom stereocenters. The standard InChI is InChI=1S/C6H14N2O2/c1-3-6(9)8(2)5-4-7-10/h7,10H,3-5H2,1-2H3. The molecule has 0 aliphatic carbocycles. The van der Waals surface area contributed by atoms with E-state index in [4.69, 9.17) is 5.21 Å². The number of likely N-dealkylation sites (N-methyl/N-ethyl adjacent to an activating group) is 1. The van der Waals surface area contributed by atoms with Crippen molar-refractivity contribution in [2.45, 2.75) is 13.3 Å². The van der Waals surface area contributed by atoms with E-state index >= 15 is 0 Å². The van der Waals surface area contributed by atoms with E-state index < -0.39 is 0 Å². The van der Waals surface area contributed by atoms with Gasteiger partial charge in [0, 0.05) is 26.6 Å². The Labute approximate surface area is 60.8 Å². The molecule has 10 heavy (non-hydrogen) atoms.